The molecule has 0 radical (unpaired) electrons. The van der Waals surface area contributed by atoms with Gasteiger partial charge in [0.15, 0.2) is 0 Å². The number of halogens is 3. The molecule has 4 nitrogen and oxygen atoms in total. The van der Waals surface area contributed by atoms with E-state index in [-0.39, 0.29) is 24.9 Å². The maximum absolute atomic E-state index is 12.9. The monoisotopic (exact) mass is 298 g/mol. The number of carboxylic acids is 1. The van der Waals surface area contributed by atoms with Gasteiger partial charge in [-0.15, -0.1) is 0 Å². The van der Waals surface area contributed by atoms with Crippen LogP contribution in [0.15, 0.2) is 36.7 Å². The molecule has 0 aliphatic heterocycles. The lowest BCUT2D eigenvalue weighted by atomic mass is 10.0. The third-order valence-corrected chi connectivity index (χ3v) is 3.04. The van der Waals surface area contributed by atoms with Gasteiger partial charge in [0, 0.05) is 25.4 Å². The third-order valence-electron chi connectivity index (χ3n) is 3.04. The van der Waals surface area contributed by atoms with E-state index in [2.05, 4.69) is 4.98 Å². The van der Waals surface area contributed by atoms with Crippen LogP contribution in [0.3, 0.4) is 0 Å². The van der Waals surface area contributed by atoms with Crippen LogP contribution in [-0.2, 0) is 23.9 Å². The molecule has 0 saturated heterocycles. The Kier molecular flexibility index (Phi) is 4.30. The Morgan fingerprint density at radius 2 is 2.00 bits per heavy atom. The minimum Gasteiger partial charge on any atom is -0.481 e. The molecule has 1 aromatic heterocycles. The van der Waals surface area contributed by atoms with Crippen LogP contribution < -0.4 is 0 Å². The largest absolute Gasteiger partial charge is 0.481 e. The standard InChI is InChI=1S/C14H13F3N2O2/c15-14(16,17)11-4-2-1-3-10(11)9-12-18-6-8-19(12)7-5-13(20)21/h1-4,6,8H,5,7,9H2,(H,20,21). The first kappa shape index (κ1) is 15.1. The average molecular weight is 298 g/mol. The first-order valence-corrected chi connectivity index (χ1v) is 6.25. The van der Waals surface area contributed by atoms with Crippen molar-refractivity contribution in [3.63, 3.8) is 0 Å². The molecular weight excluding hydrogens is 285 g/mol. The Hall–Kier alpha value is -2.31. The number of benzene rings is 1. The van der Waals surface area contributed by atoms with Crippen molar-refractivity contribution in [1.29, 1.82) is 0 Å². The smallest absolute Gasteiger partial charge is 0.416 e. The summed E-state index contributed by atoms with van der Waals surface area (Å²) in [7, 11) is 0. The summed E-state index contributed by atoms with van der Waals surface area (Å²) in [6, 6.07) is 5.30. The summed E-state index contributed by atoms with van der Waals surface area (Å²) in [4.78, 5) is 14.6. The summed E-state index contributed by atoms with van der Waals surface area (Å²) in [6.07, 6.45) is -1.51. The van der Waals surface area contributed by atoms with Crippen LogP contribution in [0, 0.1) is 0 Å². The molecule has 21 heavy (non-hydrogen) atoms. The molecule has 0 bridgehead atoms. The number of hydrogen-bond donors (Lipinski definition) is 1. The summed E-state index contributed by atoms with van der Waals surface area (Å²) in [6.45, 7) is 0.179. The highest BCUT2D eigenvalue weighted by atomic mass is 19.4. The average Bonchev–Trinajstić information content (AvgIpc) is 2.83. The van der Waals surface area contributed by atoms with Gasteiger partial charge in [0.25, 0.3) is 0 Å². The summed E-state index contributed by atoms with van der Waals surface area (Å²) < 4.78 is 40.3. The number of nitrogens with zero attached hydrogens (tertiary/aromatic N) is 2. The van der Waals surface area contributed by atoms with E-state index in [1.807, 2.05) is 0 Å². The highest BCUT2D eigenvalue weighted by Gasteiger charge is 2.33. The maximum atomic E-state index is 12.9. The summed E-state index contributed by atoms with van der Waals surface area (Å²) in [5.74, 6) is -0.557. The molecule has 7 heteroatoms. The van der Waals surface area contributed by atoms with Gasteiger partial charge < -0.3 is 9.67 Å². The van der Waals surface area contributed by atoms with Gasteiger partial charge in [-0.1, -0.05) is 18.2 Å². The molecule has 0 fully saturated rings. The number of carboxylic acid groups (broad SMARTS) is 1. The molecule has 1 N–H and O–H groups in total. The van der Waals surface area contributed by atoms with Gasteiger partial charge in [-0.05, 0) is 11.6 Å². The fourth-order valence-corrected chi connectivity index (χ4v) is 2.05. The van der Waals surface area contributed by atoms with Crippen LogP contribution >= 0.6 is 0 Å². The van der Waals surface area contributed by atoms with E-state index in [9.17, 15) is 18.0 Å². The number of aryl methyl sites for hydroxylation is 1. The second kappa shape index (κ2) is 5.99. The predicted octanol–water partition coefficient (Wildman–Crippen LogP) is 2.97. The molecule has 2 rings (SSSR count). The number of aliphatic carboxylic acids is 1. The van der Waals surface area contributed by atoms with Crippen LogP contribution in [0.2, 0.25) is 0 Å². The lowest BCUT2D eigenvalue weighted by Crippen LogP contribution is -2.12. The number of aromatic nitrogens is 2. The lowest BCUT2D eigenvalue weighted by molar-refractivity contribution is -0.138. The summed E-state index contributed by atoms with van der Waals surface area (Å²) >= 11 is 0. The topological polar surface area (TPSA) is 55.1 Å². The molecule has 0 aliphatic carbocycles. The molecule has 0 unspecified atom stereocenters. The number of hydrogen-bond acceptors (Lipinski definition) is 2. The van der Waals surface area contributed by atoms with Crippen molar-refractivity contribution < 1.29 is 23.1 Å². The zero-order valence-electron chi connectivity index (χ0n) is 11.0. The lowest BCUT2D eigenvalue weighted by Gasteiger charge is -2.13. The molecular formula is C14H13F3N2O2. The van der Waals surface area contributed by atoms with Gasteiger partial charge in [0.05, 0.1) is 12.0 Å². The first-order chi connectivity index (χ1) is 9.88. The molecule has 0 spiro atoms. The van der Waals surface area contributed by atoms with Gasteiger partial charge in [-0.25, -0.2) is 4.98 Å². The number of alkyl halides is 3. The predicted molar refractivity (Wildman–Crippen MR) is 68.7 cm³/mol. The van der Waals surface area contributed by atoms with Crippen molar-refractivity contribution in [3.8, 4) is 0 Å². The van der Waals surface area contributed by atoms with Crippen LogP contribution in [0.5, 0.6) is 0 Å². The van der Waals surface area contributed by atoms with E-state index in [0.29, 0.717) is 5.82 Å². The molecule has 1 heterocycles. The zero-order chi connectivity index (χ0) is 15.5. The van der Waals surface area contributed by atoms with Crippen molar-refractivity contribution in [3.05, 3.63) is 53.6 Å². The first-order valence-electron chi connectivity index (χ1n) is 6.25. The molecule has 1 aromatic carbocycles. The van der Waals surface area contributed by atoms with Gasteiger partial charge in [-0.2, -0.15) is 13.2 Å². The number of rotatable bonds is 5. The molecule has 0 saturated carbocycles. The SMILES string of the molecule is O=C(O)CCn1ccnc1Cc1ccccc1C(F)(F)F. The van der Waals surface area contributed by atoms with E-state index in [0.717, 1.165) is 6.07 Å². The van der Waals surface area contributed by atoms with Crippen molar-refractivity contribution in [2.24, 2.45) is 0 Å². The normalized spacial score (nSPS) is 11.6. The van der Waals surface area contributed by atoms with E-state index < -0.39 is 17.7 Å². The Bertz CT molecular complexity index is 635. The fraction of sp³-hybridized carbons (Fsp3) is 0.286. The molecule has 112 valence electrons. The molecule has 2 aromatic rings. The van der Waals surface area contributed by atoms with E-state index in [1.54, 1.807) is 10.8 Å². The van der Waals surface area contributed by atoms with Gasteiger partial charge in [-0.3, -0.25) is 4.79 Å². The third kappa shape index (κ3) is 3.84. The number of carbonyl (C=O) groups is 1. The van der Waals surface area contributed by atoms with E-state index >= 15 is 0 Å². The minimum absolute atomic E-state index is 0.00228. The van der Waals surface area contributed by atoms with Crippen molar-refractivity contribution in [2.45, 2.75) is 25.6 Å². The van der Waals surface area contributed by atoms with E-state index in [1.165, 1.54) is 24.4 Å². The quantitative estimate of drug-likeness (QED) is 0.923. The summed E-state index contributed by atoms with van der Waals surface area (Å²) in [5, 5.41) is 8.66. The Balaban J connectivity index is 2.24. The highest BCUT2D eigenvalue weighted by Crippen LogP contribution is 2.32. The Morgan fingerprint density at radius 1 is 1.29 bits per heavy atom. The summed E-state index contributed by atoms with van der Waals surface area (Å²) in [5.41, 5.74) is -0.578. The van der Waals surface area contributed by atoms with Crippen LogP contribution in [0.25, 0.3) is 0 Å². The van der Waals surface area contributed by atoms with Gasteiger partial charge in [0.1, 0.15) is 5.82 Å². The maximum Gasteiger partial charge on any atom is 0.416 e. The number of imidazole rings is 1. The molecule has 0 amide bonds. The van der Waals surface area contributed by atoms with Gasteiger partial charge >= 0.3 is 12.1 Å². The molecule has 0 aliphatic rings. The van der Waals surface area contributed by atoms with Gasteiger partial charge in [0.2, 0.25) is 0 Å². The van der Waals surface area contributed by atoms with Crippen LogP contribution in [0.4, 0.5) is 13.2 Å². The Labute approximate surface area is 118 Å². The van der Waals surface area contributed by atoms with Crippen LogP contribution in [-0.4, -0.2) is 20.6 Å². The van der Waals surface area contributed by atoms with Crippen molar-refractivity contribution in [2.75, 3.05) is 0 Å². The Morgan fingerprint density at radius 3 is 2.67 bits per heavy atom. The minimum atomic E-state index is -4.42. The molecule has 0 atom stereocenters. The second-order valence-electron chi connectivity index (χ2n) is 4.51. The highest BCUT2D eigenvalue weighted by molar-refractivity contribution is 5.66. The van der Waals surface area contributed by atoms with Crippen molar-refractivity contribution in [1.82, 2.24) is 9.55 Å². The van der Waals surface area contributed by atoms with Crippen LogP contribution in [0.1, 0.15) is 23.4 Å². The fourth-order valence-electron chi connectivity index (χ4n) is 2.05. The van der Waals surface area contributed by atoms with E-state index in [4.69, 9.17) is 5.11 Å². The second-order valence-corrected chi connectivity index (χ2v) is 4.51. The van der Waals surface area contributed by atoms with Crippen molar-refractivity contribution >= 4 is 5.97 Å². The zero-order valence-corrected chi connectivity index (χ0v) is 11.0.